The summed E-state index contributed by atoms with van der Waals surface area (Å²) < 4.78 is 0. The summed E-state index contributed by atoms with van der Waals surface area (Å²) in [4.78, 5) is 17.7. The number of nitrogens with one attached hydrogen (secondary N) is 2. The molecule has 0 saturated carbocycles. The molecule has 0 spiro atoms. The molecule has 0 aliphatic carbocycles. The lowest BCUT2D eigenvalue weighted by Crippen LogP contribution is -2.31. The van der Waals surface area contributed by atoms with Gasteiger partial charge in [-0.3, -0.25) is 9.78 Å². The van der Waals surface area contributed by atoms with E-state index in [1.807, 2.05) is 32.1 Å². The average Bonchev–Trinajstić information content (AvgIpc) is 2.28. The minimum absolute atomic E-state index is 0.140. The number of hydrogen-bond donors (Lipinski definition) is 2. The molecule has 1 aromatic rings. The summed E-state index contributed by atoms with van der Waals surface area (Å²) >= 11 is 0. The molecule has 5 nitrogen and oxygen atoms in total. The number of nitrogens with zero attached hydrogens (tertiary/aromatic N) is 2. The van der Waals surface area contributed by atoms with Crippen LogP contribution in [0.4, 0.5) is 5.69 Å². The molecule has 0 fully saturated rings. The standard InChI is InChI=1S/C11H18N4O/c1-12-9-4-5-13-10(8-9)11(16)14-6-7-15(2)3/h4-5,8H,6-7H2,1-3H3,(H,12,13)(H,14,16). The van der Waals surface area contributed by atoms with Crippen LogP contribution in [0.2, 0.25) is 0 Å². The summed E-state index contributed by atoms with van der Waals surface area (Å²) in [6.07, 6.45) is 1.62. The normalized spacial score (nSPS) is 10.2. The molecule has 0 aliphatic rings. The Kier molecular flexibility index (Phi) is 4.72. The van der Waals surface area contributed by atoms with Gasteiger partial charge in [0, 0.05) is 32.0 Å². The first-order valence-corrected chi connectivity index (χ1v) is 5.20. The second kappa shape index (κ2) is 6.07. The second-order valence-corrected chi connectivity index (χ2v) is 3.74. The van der Waals surface area contributed by atoms with Crippen molar-refractivity contribution in [3.63, 3.8) is 0 Å². The number of carbonyl (C=O) groups excluding carboxylic acids is 1. The van der Waals surface area contributed by atoms with Crippen LogP contribution in [0.3, 0.4) is 0 Å². The number of anilines is 1. The van der Waals surface area contributed by atoms with Crippen molar-refractivity contribution in [1.82, 2.24) is 15.2 Å². The number of pyridine rings is 1. The fraction of sp³-hybridized carbons (Fsp3) is 0.455. The fourth-order valence-electron chi connectivity index (χ4n) is 1.19. The van der Waals surface area contributed by atoms with Crippen LogP contribution in [0.1, 0.15) is 10.5 Å². The molecule has 0 unspecified atom stereocenters. The third-order valence-corrected chi connectivity index (χ3v) is 2.13. The number of carbonyl (C=O) groups is 1. The molecule has 88 valence electrons. The summed E-state index contributed by atoms with van der Waals surface area (Å²) in [6.45, 7) is 1.44. The topological polar surface area (TPSA) is 57.3 Å². The van der Waals surface area contributed by atoms with Gasteiger partial charge in [0.25, 0.3) is 5.91 Å². The molecule has 5 heteroatoms. The summed E-state index contributed by atoms with van der Waals surface area (Å²) in [7, 11) is 5.74. The van der Waals surface area contributed by atoms with Crippen LogP contribution in [-0.2, 0) is 0 Å². The van der Waals surface area contributed by atoms with E-state index in [-0.39, 0.29) is 5.91 Å². The lowest BCUT2D eigenvalue weighted by Gasteiger charge is -2.10. The maximum absolute atomic E-state index is 11.7. The first kappa shape index (κ1) is 12.4. The monoisotopic (exact) mass is 222 g/mol. The quantitative estimate of drug-likeness (QED) is 0.758. The van der Waals surface area contributed by atoms with Crippen LogP contribution in [0.25, 0.3) is 0 Å². The highest BCUT2D eigenvalue weighted by Gasteiger charge is 2.06. The summed E-state index contributed by atoms with van der Waals surface area (Å²) in [5.74, 6) is -0.140. The Morgan fingerprint density at radius 3 is 2.88 bits per heavy atom. The summed E-state index contributed by atoms with van der Waals surface area (Å²) in [6, 6.07) is 3.54. The minimum Gasteiger partial charge on any atom is -0.388 e. The Balaban J connectivity index is 2.52. The zero-order valence-corrected chi connectivity index (χ0v) is 9.95. The Morgan fingerprint density at radius 1 is 1.50 bits per heavy atom. The van der Waals surface area contributed by atoms with Gasteiger partial charge in [-0.1, -0.05) is 0 Å². The van der Waals surface area contributed by atoms with Crippen molar-refractivity contribution in [2.45, 2.75) is 0 Å². The Morgan fingerprint density at radius 2 is 2.25 bits per heavy atom. The highest BCUT2D eigenvalue weighted by molar-refractivity contribution is 5.93. The van der Waals surface area contributed by atoms with E-state index in [1.165, 1.54) is 0 Å². The smallest absolute Gasteiger partial charge is 0.269 e. The third-order valence-electron chi connectivity index (χ3n) is 2.13. The van der Waals surface area contributed by atoms with Crippen LogP contribution in [0, 0.1) is 0 Å². The third kappa shape index (κ3) is 3.86. The van der Waals surface area contributed by atoms with E-state index in [0.717, 1.165) is 12.2 Å². The second-order valence-electron chi connectivity index (χ2n) is 3.74. The lowest BCUT2D eigenvalue weighted by atomic mass is 10.3. The van der Waals surface area contributed by atoms with Crippen LogP contribution in [0.5, 0.6) is 0 Å². The van der Waals surface area contributed by atoms with Gasteiger partial charge in [0.1, 0.15) is 5.69 Å². The van der Waals surface area contributed by atoms with Gasteiger partial charge in [0.2, 0.25) is 0 Å². The van der Waals surface area contributed by atoms with E-state index >= 15 is 0 Å². The van der Waals surface area contributed by atoms with Crippen molar-refractivity contribution < 1.29 is 4.79 Å². The van der Waals surface area contributed by atoms with Gasteiger partial charge in [-0.25, -0.2) is 0 Å². The molecule has 0 radical (unpaired) electrons. The van der Waals surface area contributed by atoms with Gasteiger partial charge in [-0.15, -0.1) is 0 Å². The molecule has 0 atom stereocenters. The molecule has 0 aliphatic heterocycles. The maximum atomic E-state index is 11.7. The van der Waals surface area contributed by atoms with Crippen molar-refractivity contribution in [1.29, 1.82) is 0 Å². The van der Waals surface area contributed by atoms with Gasteiger partial charge >= 0.3 is 0 Å². The van der Waals surface area contributed by atoms with E-state index in [4.69, 9.17) is 0 Å². The first-order valence-electron chi connectivity index (χ1n) is 5.20. The van der Waals surface area contributed by atoms with Crippen LogP contribution in [-0.4, -0.2) is 50.0 Å². The van der Waals surface area contributed by atoms with Crippen LogP contribution < -0.4 is 10.6 Å². The van der Waals surface area contributed by atoms with E-state index in [9.17, 15) is 4.79 Å². The molecule has 1 aromatic heterocycles. The molecule has 0 bridgehead atoms. The highest BCUT2D eigenvalue weighted by Crippen LogP contribution is 2.06. The predicted octanol–water partition coefficient (Wildman–Crippen LogP) is 0.415. The summed E-state index contributed by atoms with van der Waals surface area (Å²) in [5, 5.41) is 5.78. The molecular weight excluding hydrogens is 204 g/mol. The molecule has 0 saturated heterocycles. The highest BCUT2D eigenvalue weighted by atomic mass is 16.1. The van der Waals surface area contributed by atoms with Crippen molar-refractivity contribution in [3.05, 3.63) is 24.0 Å². The SMILES string of the molecule is CNc1ccnc(C(=O)NCCN(C)C)c1. The Labute approximate surface area is 95.9 Å². The number of aromatic nitrogens is 1. The number of likely N-dealkylation sites (N-methyl/N-ethyl adjacent to an activating group) is 1. The number of amides is 1. The average molecular weight is 222 g/mol. The van der Waals surface area contributed by atoms with Crippen molar-refractivity contribution in [3.8, 4) is 0 Å². The van der Waals surface area contributed by atoms with Crippen LogP contribution >= 0.6 is 0 Å². The first-order chi connectivity index (χ1) is 7.63. The van der Waals surface area contributed by atoms with Gasteiger partial charge < -0.3 is 15.5 Å². The van der Waals surface area contributed by atoms with Crippen LogP contribution in [0.15, 0.2) is 18.3 Å². The van der Waals surface area contributed by atoms with E-state index < -0.39 is 0 Å². The Bertz CT molecular complexity index is 352. The van der Waals surface area contributed by atoms with E-state index in [0.29, 0.717) is 12.2 Å². The number of hydrogen-bond acceptors (Lipinski definition) is 4. The molecular formula is C11H18N4O. The van der Waals surface area contributed by atoms with Gasteiger partial charge in [-0.2, -0.15) is 0 Å². The van der Waals surface area contributed by atoms with E-state index in [1.54, 1.807) is 12.3 Å². The summed E-state index contributed by atoms with van der Waals surface area (Å²) in [5.41, 5.74) is 1.32. The predicted molar refractivity (Wildman–Crippen MR) is 64.7 cm³/mol. The molecule has 0 aromatic carbocycles. The molecule has 16 heavy (non-hydrogen) atoms. The maximum Gasteiger partial charge on any atom is 0.269 e. The fourth-order valence-corrected chi connectivity index (χ4v) is 1.19. The van der Waals surface area contributed by atoms with Gasteiger partial charge in [-0.05, 0) is 26.2 Å². The van der Waals surface area contributed by atoms with Gasteiger partial charge in [0.15, 0.2) is 0 Å². The lowest BCUT2D eigenvalue weighted by molar-refractivity contribution is 0.0946. The van der Waals surface area contributed by atoms with E-state index in [2.05, 4.69) is 15.6 Å². The van der Waals surface area contributed by atoms with Gasteiger partial charge in [0.05, 0.1) is 0 Å². The molecule has 1 rings (SSSR count). The molecule has 1 amide bonds. The largest absolute Gasteiger partial charge is 0.388 e. The van der Waals surface area contributed by atoms with Crippen molar-refractivity contribution >= 4 is 11.6 Å². The molecule has 2 N–H and O–H groups in total. The number of rotatable bonds is 5. The zero-order valence-electron chi connectivity index (χ0n) is 9.95. The molecule has 1 heterocycles. The van der Waals surface area contributed by atoms with Crippen molar-refractivity contribution in [2.24, 2.45) is 0 Å². The zero-order chi connectivity index (χ0) is 12.0. The van der Waals surface area contributed by atoms with Crippen molar-refractivity contribution in [2.75, 3.05) is 39.5 Å². The Hall–Kier alpha value is -1.62. The minimum atomic E-state index is -0.140.